The van der Waals surface area contributed by atoms with Gasteiger partial charge in [0.1, 0.15) is 5.82 Å². The van der Waals surface area contributed by atoms with Gasteiger partial charge >= 0.3 is 0 Å². The van der Waals surface area contributed by atoms with Crippen LogP contribution in [0.25, 0.3) is 0 Å². The third-order valence-corrected chi connectivity index (χ3v) is 6.22. The lowest BCUT2D eigenvalue weighted by Gasteiger charge is -2.39. The number of rotatable bonds is 5. The Bertz CT molecular complexity index is 666. The molecule has 164 valence electrons. The van der Waals surface area contributed by atoms with Crippen molar-refractivity contribution in [1.29, 1.82) is 0 Å². The van der Waals surface area contributed by atoms with Gasteiger partial charge in [-0.2, -0.15) is 0 Å². The molecule has 3 rings (SSSR count). The van der Waals surface area contributed by atoms with Gasteiger partial charge in [0.15, 0.2) is 0 Å². The Hall–Kier alpha value is -1.08. The van der Waals surface area contributed by atoms with Crippen molar-refractivity contribution in [3.05, 3.63) is 23.4 Å². The summed E-state index contributed by atoms with van der Waals surface area (Å²) in [6, 6.07) is 3.37. The van der Waals surface area contributed by atoms with Crippen molar-refractivity contribution in [1.82, 2.24) is 9.88 Å². The van der Waals surface area contributed by atoms with E-state index in [9.17, 15) is 9.59 Å². The van der Waals surface area contributed by atoms with E-state index in [0.29, 0.717) is 30.4 Å². The molecule has 0 spiro atoms. The monoisotopic (exact) mass is 464 g/mol. The number of hydrogen-bond acceptors (Lipinski definition) is 4. The summed E-state index contributed by atoms with van der Waals surface area (Å²) in [4.78, 5) is 31.5. The summed E-state index contributed by atoms with van der Waals surface area (Å²) in [7, 11) is 0. The Balaban J connectivity index is 0.00000210. The number of piperidine rings is 1. The molecule has 29 heavy (non-hydrogen) atoms. The second kappa shape index (κ2) is 11.9. The van der Waals surface area contributed by atoms with E-state index in [1.54, 1.807) is 12.1 Å². The van der Waals surface area contributed by atoms with Crippen LogP contribution < -0.4 is 11.1 Å². The molecule has 2 amide bonds. The summed E-state index contributed by atoms with van der Waals surface area (Å²) in [6.45, 7) is 1.76. The highest BCUT2D eigenvalue weighted by Gasteiger charge is 2.36. The van der Waals surface area contributed by atoms with Crippen LogP contribution in [0, 0.1) is 11.3 Å². The van der Waals surface area contributed by atoms with Crippen molar-refractivity contribution in [2.45, 2.75) is 51.4 Å². The lowest BCUT2D eigenvalue weighted by Crippen LogP contribution is -2.46. The topological polar surface area (TPSA) is 88.3 Å². The lowest BCUT2D eigenvalue weighted by atomic mass is 9.71. The number of aromatic nitrogens is 1. The highest BCUT2D eigenvalue weighted by Crippen LogP contribution is 2.39. The number of likely N-dealkylation sites (tertiary alicyclic amines) is 1. The first-order chi connectivity index (χ1) is 13.0. The molecule has 1 unspecified atom stereocenters. The van der Waals surface area contributed by atoms with Gasteiger partial charge in [0.25, 0.3) is 0 Å². The van der Waals surface area contributed by atoms with Gasteiger partial charge in [-0.1, -0.05) is 30.9 Å². The van der Waals surface area contributed by atoms with Crippen LogP contribution in [0.15, 0.2) is 18.3 Å². The van der Waals surface area contributed by atoms with Gasteiger partial charge in [-0.15, -0.1) is 24.8 Å². The van der Waals surface area contributed by atoms with Crippen LogP contribution >= 0.6 is 36.4 Å². The van der Waals surface area contributed by atoms with E-state index in [1.165, 1.54) is 12.6 Å². The second-order valence-electron chi connectivity index (χ2n) is 7.97. The molecule has 1 saturated heterocycles. The molecule has 1 atom stereocenters. The van der Waals surface area contributed by atoms with Crippen LogP contribution in [0.3, 0.4) is 0 Å². The van der Waals surface area contributed by atoms with Crippen LogP contribution in [-0.4, -0.2) is 41.3 Å². The molecule has 1 saturated carbocycles. The summed E-state index contributed by atoms with van der Waals surface area (Å²) in [6.07, 6.45) is 9.26. The fourth-order valence-corrected chi connectivity index (χ4v) is 4.39. The number of hydrogen-bond donors (Lipinski definition) is 2. The number of nitrogens with two attached hydrogens (primary N) is 1. The summed E-state index contributed by atoms with van der Waals surface area (Å²) >= 11 is 5.83. The van der Waals surface area contributed by atoms with E-state index in [0.717, 1.165) is 45.1 Å². The van der Waals surface area contributed by atoms with E-state index in [-0.39, 0.29) is 48.0 Å². The first kappa shape index (κ1) is 26.0. The zero-order valence-electron chi connectivity index (χ0n) is 16.6. The molecule has 0 radical (unpaired) electrons. The average molecular weight is 466 g/mol. The van der Waals surface area contributed by atoms with Gasteiger partial charge < -0.3 is 16.0 Å². The molecule has 1 aliphatic carbocycles. The smallest absolute Gasteiger partial charge is 0.230 e. The average Bonchev–Trinajstić information content (AvgIpc) is 2.70. The molecule has 3 N–H and O–H groups in total. The van der Waals surface area contributed by atoms with E-state index < -0.39 is 0 Å². The van der Waals surface area contributed by atoms with Crippen LogP contribution in [0.2, 0.25) is 5.02 Å². The minimum absolute atomic E-state index is 0. The minimum atomic E-state index is -0.208. The lowest BCUT2D eigenvalue weighted by molar-refractivity contribution is -0.137. The highest BCUT2D eigenvalue weighted by molar-refractivity contribution is 6.30. The number of halogens is 3. The summed E-state index contributed by atoms with van der Waals surface area (Å²) in [5, 5.41) is 3.36. The number of anilines is 1. The zero-order chi connectivity index (χ0) is 19.3. The quantitative estimate of drug-likeness (QED) is 0.686. The fraction of sp³-hybridized carbons (Fsp3) is 0.650. The molecule has 1 aliphatic heterocycles. The molecule has 2 aliphatic rings. The van der Waals surface area contributed by atoms with Crippen molar-refractivity contribution >= 4 is 54.0 Å². The van der Waals surface area contributed by atoms with Crippen molar-refractivity contribution in [2.24, 2.45) is 17.1 Å². The molecule has 0 aromatic carbocycles. The largest absolute Gasteiger partial charge is 0.342 e. The Morgan fingerprint density at radius 1 is 1.21 bits per heavy atom. The second-order valence-corrected chi connectivity index (χ2v) is 8.41. The van der Waals surface area contributed by atoms with Gasteiger partial charge in [0.2, 0.25) is 11.8 Å². The fourth-order valence-electron chi connectivity index (χ4n) is 4.28. The van der Waals surface area contributed by atoms with Crippen molar-refractivity contribution in [3.63, 3.8) is 0 Å². The standard InChI is InChI=1S/C20H29ClN4O2.2ClH/c21-16-6-7-17(23-12-16)24-19(27)15-5-4-10-25(13-15)18(26)11-20(14-22)8-2-1-3-9-20;;/h6-7,12,15H,1-5,8-11,13-14,22H2,(H,23,24,27);2*1H. The zero-order valence-corrected chi connectivity index (χ0v) is 19.0. The number of pyridine rings is 1. The number of nitrogens with zero attached hydrogens (tertiary/aromatic N) is 2. The van der Waals surface area contributed by atoms with Crippen molar-refractivity contribution in [3.8, 4) is 0 Å². The molecule has 0 bridgehead atoms. The van der Waals surface area contributed by atoms with Crippen molar-refractivity contribution < 1.29 is 9.59 Å². The SMILES string of the molecule is Cl.Cl.NCC1(CC(=O)N2CCCC(C(=O)Nc3ccc(Cl)cn3)C2)CCCCC1. The minimum Gasteiger partial charge on any atom is -0.342 e. The third-order valence-electron chi connectivity index (χ3n) is 6.00. The maximum atomic E-state index is 12.9. The summed E-state index contributed by atoms with van der Waals surface area (Å²) in [5.41, 5.74) is 5.99. The van der Waals surface area contributed by atoms with E-state index in [1.807, 2.05) is 4.90 Å². The summed E-state index contributed by atoms with van der Waals surface area (Å²) in [5.74, 6) is 0.329. The van der Waals surface area contributed by atoms with E-state index in [4.69, 9.17) is 17.3 Å². The maximum Gasteiger partial charge on any atom is 0.230 e. The van der Waals surface area contributed by atoms with Crippen LogP contribution in [0.5, 0.6) is 0 Å². The number of carbonyl (C=O) groups excluding carboxylic acids is 2. The number of nitrogens with one attached hydrogen (secondary N) is 1. The van der Waals surface area contributed by atoms with Gasteiger partial charge in [-0.25, -0.2) is 4.98 Å². The molecule has 1 aromatic heterocycles. The summed E-state index contributed by atoms with van der Waals surface area (Å²) < 4.78 is 0. The van der Waals surface area contributed by atoms with Gasteiger partial charge in [0, 0.05) is 25.7 Å². The molecule has 2 fully saturated rings. The third kappa shape index (κ3) is 6.99. The highest BCUT2D eigenvalue weighted by atomic mass is 35.5. The first-order valence-corrected chi connectivity index (χ1v) is 10.3. The van der Waals surface area contributed by atoms with Crippen LogP contribution in [0.1, 0.15) is 51.4 Å². The molecule has 1 aromatic rings. The molecule has 2 heterocycles. The number of carbonyl (C=O) groups is 2. The molecule has 9 heteroatoms. The Labute approximate surface area is 190 Å². The Kier molecular flexibility index (Phi) is 10.7. The van der Waals surface area contributed by atoms with Gasteiger partial charge in [0.05, 0.1) is 10.9 Å². The first-order valence-electron chi connectivity index (χ1n) is 9.92. The van der Waals surface area contributed by atoms with Crippen molar-refractivity contribution in [2.75, 3.05) is 25.0 Å². The predicted molar refractivity (Wildman–Crippen MR) is 121 cm³/mol. The van der Waals surface area contributed by atoms with E-state index in [2.05, 4.69) is 10.3 Å². The normalized spacial score (nSPS) is 20.8. The van der Waals surface area contributed by atoms with Gasteiger partial charge in [-0.3, -0.25) is 9.59 Å². The van der Waals surface area contributed by atoms with Crippen LogP contribution in [0.4, 0.5) is 5.82 Å². The van der Waals surface area contributed by atoms with Gasteiger partial charge in [-0.05, 0) is 49.8 Å². The predicted octanol–water partition coefficient (Wildman–Crippen LogP) is 4.06. The Morgan fingerprint density at radius 2 is 1.93 bits per heavy atom. The Morgan fingerprint density at radius 3 is 2.55 bits per heavy atom. The van der Waals surface area contributed by atoms with E-state index >= 15 is 0 Å². The number of amides is 2. The van der Waals surface area contributed by atoms with Crippen LogP contribution in [-0.2, 0) is 9.59 Å². The maximum absolute atomic E-state index is 12.9. The molecular formula is C20H31Cl3N4O2. The molecular weight excluding hydrogens is 435 g/mol. The molecule has 6 nitrogen and oxygen atoms in total.